The summed E-state index contributed by atoms with van der Waals surface area (Å²) in [5.74, 6) is 0.984. The molecule has 0 heterocycles. The Morgan fingerprint density at radius 1 is 1.05 bits per heavy atom. The second kappa shape index (κ2) is 9.60. The van der Waals surface area contributed by atoms with Crippen LogP contribution in [0.15, 0.2) is 24.3 Å². The van der Waals surface area contributed by atoms with E-state index >= 15 is 0 Å². The van der Waals surface area contributed by atoms with Gasteiger partial charge < -0.3 is 4.74 Å². The highest BCUT2D eigenvalue weighted by Crippen LogP contribution is 2.16. The average Bonchev–Trinajstić information content (AvgIpc) is 2.46. The van der Waals surface area contributed by atoms with Gasteiger partial charge in [0.25, 0.3) is 0 Å². The molecule has 1 rings (SSSR count). The number of unbranched alkanes of at least 4 members (excludes halogenated alkanes) is 6. The summed E-state index contributed by atoms with van der Waals surface area (Å²) in [5, 5.41) is 0. The molecule has 0 aliphatic carbocycles. The van der Waals surface area contributed by atoms with Gasteiger partial charge in [-0.25, -0.2) is 0 Å². The first-order valence-electron chi connectivity index (χ1n) is 7.45. The highest BCUT2D eigenvalue weighted by Gasteiger charge is 2.06. The van der Waals surface area contributed by atoms with Gasteiger partial charge in [-0.3, -0.25) is 4.79 Å². The smallest absolute Gasteiger partial charge is 0.163 e. The molecule has 0 amide bonds. The van der Waals surface area contributed by atoms with E-state index in [1.165, 1.54) is 38.5 Å². The molecule has 0 atom stereocenters. The molecule has 0 aliphatic rings. The molecule has 0 spiro atoms. The summed E-state index contributed by atoms with van der Waals surface area (Å²) in [6.45, 7) is 2.23. The number of Topliss-reactive ketones (excluding diaryl/α,β-unsaturated/α-hetero) is 1. The van der Waals surface area contributed by atoms with Gasteiger partial charge in [0, 0.05) is 12.0 Å². The Bertz CT molecular complexity index is 371. The molecule has 0 aliphatic heterocycles. The van der Waals surface area contributed by atoms with E-state index in [2.05, 4.69) is 6.92 Å². The van der Waals surface area contributed by atoms with Crippen LogP contribution in [0, 0.1) is 0 Å². The van der Waals surface area contributed by atoms with Crippen LogP contribution in [0.1, 0.15) is 68.6 Å². The molecule has 0 aromatic heterocycles. The number of hydrogen-bond donors (Lipinski definition) is 0. The van der Waals surface area contributed by atoms with Crippen LogP contribution in [0.25, 0.3) is 0 Å². The fraction of sp³-hybridized carbons (Fsp3) is 0.588. The van der Waals surface area contributed by atoms with Crippen LogP contribution in [0.2, 0.25) is 0 Å². The van der Waals surface area contributed by atoms with Crippen molar-refractivity contribution in [3.63, 3.8) is 0 Å². The first kappa shape index (κ1) is 15.7. The van der Waals surface area contributed by atoms with E-state index in [9.17, 15) is 4.79 Å². The number of carbonyl (C=O) groups excluding carboxylic acids is 1. The fourth-order valence-corrected chi connectivity index (χ4v) is 2.18. The molecule has 1 aromatic carbocycles. The average molecular weight is 262 g/mol. The molecule has 0 fully saturated rings. The summed E-state index contributed by atoms with van der Waals surface area (Å²) in [6, 6.07) is 7.43. The standard InChI is InChI=1S/C17H26O2/c1-3-4-5-6-7-8-9-13-17(18)15-11-10-12-16(14-15)19-2/h10-12,14H,3-9,13H2,1-2H3. The Hall–Kier alpha value is -1.31. The van der Waals surface area contributed by atoms with E-state index in [1.807, 2.05) is 24.3 Å². The maximum atomic E-state index is 12.0. The van der Waals surface area contributed by atoms with Gasteiger partial charge in [0.05, 0.1) is 7.11 Å². The molecule has 0 bridgehead atoms. The maximum Gasteiger partial charge on any atom is 0.163 e. The van der Waals surface area contributed by atoms with Gasteiger partial charge in [-0.1, -0.05) is 57.6 Å². The molecular weight excluding hydrogens is 236 g/mol. The number of carbonyl (C=O) groups is 1. The number of benzene rings is 1. The van der Waals surface area contributed by atoms with Gasteiger partial charge >= 0.3 is 0 Å². The van der Waals surface area contributed by atoms with Crippen LogP contribution in [0.3, 0.4) is 0 Å². The molecule has 0 radical (unpaired) electrons. The highest BCUT2D eigenvalue weighted by atomic mass is 16.5. The summed E-state index contributed by atoms with van der Waals surface area (Å²) in [7, 11) is 1.62. The van der Waals surface area contributed by atoms with Crippen molar-refractivity contribution >= 4 is 5.78 Å². The van der Waals surface area contributed by atoms with Crippen molar-refractivity contribution in [2.75, 3.05) is 7.11 Å². The number of ketones is 1. The van der Waals surface area contributed by atoms with Gasteiger partial charge in [0.15, 0.2) is 5.78 Å². The summed E-state index contributed by atoms with van der Waals surface area (Å²) in [4.78, 5) is 12.0. The third kappa shape index (κ3) is 6.42. The number of ether oxygens (including phenoxy) is 1. The zero-order valence-corrected chi connectivity index (χ0v) is 12.3. The van der Waals surface area contributed by atoms with E-state index < -0.39 is 0 Å². The van der Waals surface area contributed by atoms with Crippen molar-refractivity contribution in [3.8, 4) is 5.75 Å². The Labute approximate surface area is 117 Å². The Balaban J connectivity index is 2.20. The van der Waals surface area contributed by atoms with Gasteiger partial charge in [-0.15, -0.1) is 0 Å². The van der Waals surface area contributed by atoms with Crippen LogP contribution >= 0.6 is 0 Å². The minimum atomic E-state index is 0.229. The lowest BCUT2D eigenvalue weighted by Crippen LogP contribution is -1.99. The van der Waals surface area contributed by atoms with Gasteiger partial charge in [0.1, 0.15) is 5.75 Å². The zero-order valence-electron chi connectivity index (χ0n) is 12.3. The monoisotopic (exact) mass is 262 g/mol. The Morgan fingerprint density at radius 3 is 2.42 bits per heavy atom. The minimum absolute atomic E-state index is 0.229. The molecule has 106 valence electrons. The van der Waals surface area contributed by atoms with Crippen molar-refractivity contribution in [2.45, 2.75) is 58.3 Å². The second-order valence-corrected chi connectivity index (χ2v) is 5.03. The summed E-state index contributed by atoms with van der Waals surface area (Å²) >= 11 is 0. The van der Waals surface area contributed by atoms with Crippen LogP contribution in [0.5, 0.6) is 5.75 Å². The maximum absolute atomic E-state index is 12.0. The van der Waals surface area contributed by atoms with Crippen LogP contribution < -0.4 is 4.74 Å². The van der Waals surface area contributed by atoms with Crippen molar-refractivity contribution in [1.29, 1.82) is 0 Å². The predicted molar refractivity (Wildman–Crippen MR) is 79.9 cm³/mol. The largest absolute Gasteiger partial charge is 0.497 e. The van der Waals surface area contributed by atoms with Crippen molar-refractivity contribution < 1.29 is 9.53 Å². The van der Waals surface area contributed by atoms with E-state index in [0.29, 0.717) is 6.42 Å². The van der Waals surface area contributed by atoms with E-state index in [0.717, 1.165) is 17.7 Å². The normalized spacial score (nSPS) is 10.4. The lowest BCUT2D eigenvalue weighted by atomic mass is 10.0. The molecule has 0 saturated heterocycles. The fourth-order valence-electron chi connectivity index (χ4n) is 2.18. The molecular formula is C17H26O2. The summed E-state index contributed by atoms with van der Waals surface area (Å²) < 4.78 is 5.13. The number of hydrogen-bond acceptors (Lipinski definition) is 2. The summed E-state index contributed by atoms with van der Waals surface area (Å²) in [5.41, 5.74) is 0.769. The third-order valence-electron chi connectivity index (χ3n) is 3.40. The van der Waals surface area contributed by atoms with Crippen molar-refractivity contribution in [2.24, 2.45) is 0 Å². The third-order valence-corrected chi connectivity index (χ3v) is 3.40. The quantitative estimate of drug-likeness (QED) is 0.437. The van der Waals surface area contributed by atoms with Crippen LogP contribution in [-0.2, 0) is 0 Å². The van der Waals surface area contributed by atoms with Crippen molar-refractivity contribution in [3.05, 3.63) is 29.8 Å². The summed E-state index contributed by atoms with van der Waals surface area (Å²) in [6.07, 6.45) is 9.34. The molecule has 0 saturated carbocycles. The van der Waals surface area contributed by atoms with Crippen LogP contribution in [-0.4, -0.2) is 12.9 Å². The predicted octanol–water partition coefficient (Wildman–Crippen LogP) is 5.02. The highest BCUT2D eigenvalue weighted by molar-refractivity contribution is 5.96. The molecule has 19 heavy (non-hydrogen) atoms. The van der Waals surface area contributed by atoms with Crippen molar-refractivity contribution in [1.82, 2.24) is 0 Å². The number of rotatable bonds is 10. The second-order valence-electron chi connectivity index (χ2n) is 5.03. The van der Waals surface area contributed by atoms with Gasteiger partial charge in [0.2, 0.25) is 0 Å². The number of methoxy groups -OCH3 is 1. The Morgan fingerprint density at radius 2 is 1.74 bits per heavy atom. The SMILES string of the molecule is CCCCCCCCCC(=O)c1cccc(OC)c1. The first-order chi connectivity index (χ1) is 9.27. The molecule has 1 aromatic rings. The molecule has 0 unspecified atom stereocenters. The zero-order chi connectivity index (χ0) is 13.9. The first-order valence-corrected chi connectivity index (χ1v) is 7.45. The molecule has 2 heteroatoms. The van der Waals surface area contributed by atoms with E-state index in [4.69, 9.17) is 4.74 Å². The van der Waals surface area contributed by atoms with E-state index in [1.54, 1.807) is 7.11 Å². The Kier molecular flexibility index (Phi) is 7.95. The molecule has 0 N–H and O–H groups in total. The minimum Gasteiger partial charge on any atom is -0.497 e. The molecule has 2 nitrogen and oxygen atoms in total. The van der Waals surface area contributed by atoms with E-state index in [-0.39, 0.29) is 5.78 Å². The van der Waals surface area contributed by atoms with Gasteiger partial charge in [-0.05, 0) is 18.6 Å². The lowest BCUT2D eigenvalue weighted by molar-refractivity contribution is 0.0978. The lowest BCUT2D eigenvalue weighted by Gasteiger charge is -2.04. The topological polar surface area (TPSA) is 26.3 Å². The van der Waals surface area contributed by atoms with Gasteiger partial charge in [-0.2, -0.15) is 0 Å². The van der Waals surface area contributed by atoms with Crippen LogP contribution in [0.4, 0.5) is 0 Å².